The lowest BCUT2D eigenvalue weighted by molar-refractivity contribution is 0.0938. The van der Waals surface area contributed by atoms with Gasteiger partial charge >= 0.3 is 0 Å². The first-order valence-corrected chi connectivity index (χ1v) is 7.30. The summed E-state index contributed by atoms with van der Waals surface area (Å²) in [6.45, 7) is 1.82. The van der Waals surface area contributed by atoms with Gasteiger partial charge in [-0.15, -0.1) is 0 Å². The van der Waals surface area contributed by atoms with Crippen LogP contribution < -0.4 is 5.32 Å². The van der Waals surface area contributed by atoms with Gasteiger partial charge in [-0.25, -0.2) is 9.37 Å². The van der Waals surface area contributed by atoms with Crippen molar-refractivity contribution < 1.29 is 9.18 Å². The molecule has 2 aromatic carbocycles. The fraction of sp³-hybridized carbons (Fsp3) is 0.111. The number of hydrogen-bond acceptors (Lipinski definition) is 2. The quantitative estimate of drug-likeness (QED) is 0.772. The van der Waals surface area contributed by atoms with Crippen LogP contribution in [-0.4, -0.2) is 15.9 Å². The fourth-order valence-electron chi connectivity index (χ4n) is 2.30. The van der Waals surface area contributed by atoms with E-state index in [9.17, 15) is 9.18 Å². The van der Waals surface area contributed by atoms with Crippen LogP contribution in [0, 0.1) is 5.82 Å². The van der Waals surface area contributed by atoms with Crippen LogP contribution in [-0.2, 0) is 0 Å². The number of halogens is 1. The minimum atomic E-state index is -0.435. The topological polar surface area (TPSA) is 57.8 Å². The first kappa shape index (κ1) is 15.0. The van der Waals surface area contributed by atoms with E-state index in [1.807, 2.05) is 37.3 Å². The second-order valence-corrected chi connectivity index (χ2v) is 5.25. The maximum Gasteiger partial charge on any atom is 0.251 e. The summed E-state index contributed by atoms with van der Waals surface area (Å²) in [6, 6.07) is 15.1. The minimum Gasteiger partial charge on any atom is -0.342 e. The van der Waals surface area contributed by atoms with E-state index in [0.717, 1.165) is 11.3 Å². The normalized spacial score (nSPS) is 11.9. The highest BCUT2D eigenvalue weighted by Crippen LogP contribution is 2.19. The standard InChI is InChI=1S/C18H16FN3O/c1-12(21-18(23)14-8-5-9-15(19)10-14)17-20-11-16(22-17)13-6-3-2-4-7-13/h2-12H,1H3,(H,20,22)(H,21,23)/t12-/m1/s1. The number of amides is 1. The molecule has 1 heterocycles. The smallest absolute Gasteiger partial charge is 0.251 e. The highest BCUT2D eigenvalue weighted by atomic mass is 19.1. The van der Waals surface area contributed by atoms with Crippen LogP contribution in [0.3, 0.4) is 0 Å². The van der Waals surface area contributed by atoms with Gasteiger partial charge in [0, 0.05) is 5.56 Å². The summed E-state index contributed by atoms with van der Waals surface area (Å²) in [4.78, 5) is 19.6. The number of imidazole rings is 1. The number of nitrogens with one attached hydrogen (secondary N) is 2. The largest absolute Gasteiger partial charge is 0.342 e. The molecule has 0 bridgehead atoms. The number of carbonyl (C=O) groups is 1. The van der Waals surface area contributed by atoms with Crippen molar-refractivity contribution in [1.82, 2.24) is 15.3 Å². The highest BCUT2D eigenvalue weighted by molar-refractivity contribution is 5.94. The molecule has 0 aliphatic heterocycles. The number of benzene rings is 2. The summed E-state index contributed by atoms with van der Waals surface area (Å²) in [7, 11) is 0. The van der Waals surface area contributed by atoms with Crippen molar-refractivity contribution in [1.29, 1.82) is 0 Å². The molecule has 0 saturated heterocycles. The minimum absolute atomic E-state index is 0.284. The van der Waals surface area contributed by atoms with Crippen LogP contribution in [0.2, 0.25) is 0 Å². The lowest BCUT2D eigenvalue weighted by Crippen LogP contribution is -2.27. The molecule has 1 aromatic heterocycles. The van der Waals surface area contributed by atoms with Gasteiger partial charge in [-0.1, -0.05) is 36.4 Å². The zero-order valence-corrected chi connectivity index (χ0v) is 12.6. The van der Waals surface area contributed by atoms with Crippen LogP contribution in [0.25, 0.3) is 11.3 Å². The third-order valence-electron chi connectivity index (χ3n) is 3.52. The molecule has 4 nitrogen and oxygen atoms in total. The third kappa shape index (κ3) is 3.45. The molecule has 0 aliphatic rings. The second kappa shape index (κ2) is 6.44. The Balaban J connectivity index is 1.73. The van der Waals surface area contributed by atoms with E-state index in [1.165, 1.54) is 18.2 Å². The van der Waals surface area contributed by atoms with E-state index in [0.29, 0.717) is 5.82 Å². The van der Waals surface area contributed by atoms with Crippen LogP contribution in [0.15, 0.2) is 60.8 Å². The fourth-order valence-corrected chi connectivity index (χ4v) is 2.30. The second-order valence-electron chi connectivity index (χ2n) is 5.25. The molecule has 0 radical (unpaired) electrons. The molecule has 23 heavy (non-hydrogen) atoms. The Morgan fingerprint density at radius 2 is 1.96 bits per heavy atom. The van der Waals surface area contributed by atoms with Gasteiger partial charge in [0.1, 0.15) is 11.6 Å². The number of hydrogen-bond donors (Lipinski definition) is 2. The maximum atomic E-state index is 13.2. The molecule has 0 aliphatic carbocycles. The summed E-state index contributed by atoms with van der Waals surface area (Å²) < 4.78 is 13.2. The molecular weight excluding hydrogens is 293 g/mol. The van der Waals surface area contributed by atoms with E-state index < -0.39 is 5.82 Å². The van der Waals surface area contributed by atoms with Crippen LogP contribution in [0.4, 0.5) is 4.39 Å². The van der Waals surface area contributed by atoms with Gasteiger partial charge in [0.2, 0.25) is 0 Å². The number of rotatable bonds is 4. The van der Waals surface area contributed by atoms with E-state index in [-0.39, 0.29) is 17.5 Å². The van der Waals surface area contributed by atoms with Crippen LogP contribution in [0.5, 0.6) is 0 Å². The molecule has 1 amide bonds. The number of aromatic amines is 1. The SMILES string of the molecule is C[C@@H](NC(=O)c1cccc(F)c1)c1ncc(-c2ccccc2)[nH]1. The van der Waals surface area contributed by atoms with Gasteiger partial charge in [0.25, 0.3) is 5.91 Å². The lowest BCUT2D eigenvalue weighted by Gasteiger charge is -2.11. The van der Waals surface area contributed by atoms with E-state index >= 15 is 0 Å². The monoisotopic (exact) mass is 309 g/mol. The summed E-state index contributed by atoms with van der Waals surface area (Å²) in [6.07, 6.45) is 1.73. The Kier molecular flexibility index (Phi) is 4.19. The molecule has 3 rings (SSSR count). The van der Waals surface area contributed by atoms with Crippen molar-refractivity contribution in [3.63, 3.8) is 0 Å². The molecule has 1 atom stereocenters. The van der Waals surface area contributed by atoms with Crippen molar-refractivity contribution in [2.24, 2.45) is 0 Å². The maximum absolute atomic E-state index is 13.2. The number of carbonyl (C=O) groups excluding carboxylic acids is 1. The Hall–Kier alpha value is -2.95. The molecule has 0 spiro atoms. The predicted molar refractivity (Wildman–Crippen MR) is 86.3 cm³/mol. The van der Waals surface area contributed by atoms with Crippen molar-refractivity contribution in [3.05, 3.63) is 78.0 Å². The molecule has 0 fully saturated rings. The van der Waals surface area contributed by atoms with Crippen molar-refractivity contribution in [2.75, 3.05) is 0 Å². The van der Waals surface area contributed by atoms with Crippen LogP contribution >= 0.6 is 0 Å². The Morgan fingerprint density at radius 3 is 2.70 bits per heavy atom. The van der Waals surface area contributed by atoms with Crippen molar-refractivity contribution in [3.8, 4) is 11.3 Å². The summed E-state index contributed by atoms with van der Waals surface area (Å²) in [5.41, 5.74) is 2.19. The molecule has 3 aromatic rings. The Labute approximate surface area is 133 Å². The van der Waals surface area contributed by atoms with Crippen LogP contribution in [0.1, 0.15) is 29.1 Å². The van der Waals surface area contributed by atoms with Gasteiger partial charge in [-0.05, 0) is 30.7 Å². The van der Waals surface area contributed by atoms with Gasteiger partial charge < -0.3 is 10.3 Å². The average molecular weight is 309 g/mol. The first-order chi connectivity index (χ1) is 11.1. The Morgan fingerprint density at radius 1 is 1.17 bits per heavy atom. The average Bonchev–Trinajstić information content (AvgIpc) is 3.06. The van der Waals surface area contributed by atoms with Gasteiger partial charge in [0.05, 0.1) is 17.9 Å². The van der Waals surface area contributed by atoms with Gasteiger partial charge in [0.15, 0.2) is 0 Å². The van der Waals surface area contributed by atoms with Gasteiger partial charge in [-0.3, -0.25) is 4.79 Å². The molecule has 116 valence electrons. The molecule has 0 unspecified atom stereocenters. The lowest BCUT2D eigenvalue weighted by atomic mass is 10.2. The number of aromatic nitrogens is 2. The highest BCUT2D eigenvalue weighted by Gasteiger charge is 2.15. The van der Waals surface area contributed by atoms with E-state index in [1.54, 1.807) is 12.3 Å². The predicted octanol–water partition coefficient (Wildman–Crippen LogP) is 3.71. The van der Waals surface area contributed by atoms with Crippen molar-refractivity contribution in [2.45, 2.75) is 13.0 Å². The third-order valence-corrected chi connectivity index (χ3v) is 3.52. The van der Waals surface area contributed by atoms with E-state index in [2.05, 4.69) is 15.3 Å². The summed E-state index contributed by atoms with van der Waals surface area (Å²) in [5, 5.41) is 2.81. The molecule has 0 saturated carbocycles. The molecule has 2 N–H and O–H groups in total. The summed E-state index contributed by atoms with van der Waals surface area (Å²) >= 11 is 0. The zero-order valence-electron chi connectivity index (χ0n) is 12.6. The molecular formula is C18H16FN3O. The number of nitrogens with zero attached hydrogens (tertiary/aromatic N) is 1. The van der Waals surface area contributed by atoms with Crippen molar-refractivity contribution >= 4 is 5.91 Å². The molecule has 5 heteroatoms. The first-order valence-electron chi connectivity index (χ1n) is 7.30. The number of H-pyrrole nitrogens is 1. The summed E-state index contributed by atoms with van der Waals surface area (Å²) in [5.74, 6) is -0.127. The van der Waals surface area contributed by atoms with E-state index in [4.69, 9.17) is 0 Å². The zero-order chi connectivity index (χ0) is 16.2. The Bertz CT molecular complexity index is 814. The van der Waals surface area contributed by atoms with Gasteiger partial charge in [-0.2, -0.15) is 0 Å².